The number of fused-ring (bicyclic) bond motifs is 4. The number of allylic oxidation sites excluding steroid dienone is 1. The molecule has 12 heteroatoms. The number of hydrogen-bond acceptors (Lipinski definition) is 9. The number of piperazine rings is 1. The Balaban J connectivity index is 1.31. The third-order valence-corrected chi connectivity index (χ3v) is 16.1. The molecule has 0 aromatic heterocycles. The Hall–Kier alpha value is -2.67. The van der Waals surface area contributed by atoms with E-state index in [1.807, 2.05) is 32.2 Å². The first-order valence-electron chi connectivity index (χ1n) is 20.8. The molecule has 0 radical (unpaired) electrons. The molecule has 3 aliphatic heterocycles. The Kier molecular flexibility index (Phi) is 12.5. The van der Waals surface area contributed by atoms with E-state index < -0.39 is 26.8 Å². The fourth-order valence-corrected chi connectivity index (χ4v) is 12.6. The van der Waals surface area contributed by atoms with E-state index >= 15 is 0 Å². The van der Waals surface area contributed by atoms with Crippen LogP contribution in [0, 0.1) is 17.8 Å². The van der Waals surface area contributed by atoms with E-state index in [2.05, 4.69) is 64.5 Å². The first-order chi connectivity index (χ1) is 26.8. The summed E-state index contributed by atoms with van der Waals surface area (Å²) in [5, 5.41) is -0.0860. The number of amides is 1. The second kappa shape index (κ2) is 16.9. The van der Waals surface area contributed by atoms with Gasteiger partial charge < -0.3 is 19.1 Å². The molecule has 7 rings (SSSR count). The first kappa shape index (κ1) is 41.5. The van der Waals surface area contributed by atoms with Crippen LogP contribution in [0.5, 0.6) is 5.75 Å². The van der Waals surface area contributed by atoms with E-state index in [4.69, 9.17) is 25.8 Å². The summed E-state index contributed by atoms with van der Waals surface area (Å²) >= 11 is 6.53. The lowest BCUT2D eigenvalue weighted by Gasteiger charge is -2.53. The number of sulfonamides is 1. The van der Waals surface area contributed by atoms with Crippen molar-refractivity contribution >= 4 is 33.2 Å². The molecular weight excluding hydrogens is 748 g/mol. The van der Waals surface area contributed by atoms with E-state index in [1.54, 1.807) is 13.2 Å². The van der Waals surface area contributed by atoms with Gasteiger partial charge in [-0.2, -0.15) is 0 Å². The molecular formula is C44H63ClN4O6S. The van der Waals surface area contributed by atoms with Crippen molar-refractivity contribution in [1.82, 2.24) is 14.5 Å². The highest BCUT2D eigenvalue weighted by Crippen LogP contribution is 2.49. The number of nitrogens with zero attached hydrogens (tertiary/aromatic N) is 3. The van der Waals surface area contributed by atoms with Gasteiger partial charge in [0.05, 0.1) is 17.5 Å². The molecule has 56 heavy (non-hydrogen) atoms. The lowest BCUT2D eigenvalue weighted by molar-refractivity contribution is -0.0992. The molecule has 2 aromatic carbocycles. The van der Waals surface area contributed by atoms with Crippen LogP contribution in [-0.4, -0.2) is 114 Å². The minimum absolute atomic E-state index is 0.242. The van der Waals surface area contributed by atoms with Crippen LogP contribution < -0.4 is 14.4 Å². The molecule has 1 saturated carbocycles. The van der Waals surface area contributed by atoms with Gasteiger partial charge in [-0.05, 0) is 125 Å². The van der Waals surface area contributed by atoms with Crippen LogP contribution in [0.25, 0.3) is 0 Å². The normalized spacial score (nSPS) is 33.1. The zero-order chi connectivity index (χ0) is 39.8. The summed E-state index contributed by atoms with van der Waals surface area (Å²) in [4.78, 5) is 21.5. The third-order valence-electron chi connectivity index (χ3n) is 13.9. The minimum Gasteiger partial charge on any atom is -0.490 e. The van der Waals surface area contributed by atoms with Gasteiger partial charge in [-0.25, -0.2) is 13.1 Å². The van der Waals surface area contributed by atoms with E-state index in [0.29, 0.717) is 48.9 Å². The summed E-state index contributed by atoms with van der Waals surface area (Å²) in [5.74, 6) is 0.365. The van der Waals surface area contributed by atoms with E-state index in [-0.39, 0.29) is 30.3 Å². The Morgan fingerprint density at radius 2 is 1.89 bits per heavy atom. The SMILES string of the molecule is COCC[C@@H]1[C@@H](C)C/C=C\[C@@](CN2CCN(C(C)C)[C@H](C)C2)(OC)[C@@H]2CC[C@H]2CN2C[C@@]3(CCCc4cc(Cl)ccc43)COc3ccc(cc32)C(=O)NS1(=O)=O. The van der Waals surface area contributed by atoms with Gasteiger partial charge >= 0.3 is 0 Å². The van der Waals surface area contributed by atoms with Gasteiger partial charge in [0.25, 0.3) is 5.91 Å². The number of anilines is 1. The number of nitrogens with one attached hydrogen (secondary N) is 1. The number of ether oxygens (including phenoxy) is 3. The van der Waals surface area contributed by atoms with Crippen LogP contribution in [-0.2, 0) is 31.3 Å². The summed E-state index contributed by atoms with van der Waals surface area (Å²) in [6.07, 6.45) is 10.3. The van der Waals surface area contributed by atoms with Gasteiger partial charge in [0.15, 0.2) is 0 Å². The topological polar surface area (TPSA) is 101 Å². The molecule has 2 fully saturated rings. The largest absolute Gasteiger partial charge is 0.490 e. The smallest absolute Gasteiger partial charge is 0.264 e. The maximum absolute atomic E-state index is 14.1. The van der Waals surface area contributed by atoms with Crippen molar-refractivity contribution in [2.45, 2.75) is 101 Å². The predicted octanol–water partition coefficient (Wildman–Crippen LogP) is 6.70. The number of aryl methyl sites for hydroxylation is 1. The standard InChI is InChI=1S/C44H63ClN4O6S/c1-30(2)49-21-20-47(25-32(49)4)28-44(54-6)19-7-9-31(3)41(17-22-53-5)56(51,52)46-42(50)34-12-16-40-39(24-34)48(26-35-11-14-38(35)44)27-43(29-55-40)18-8-10-33-23-36(45)13-15-37(33)43/h7,12-13,15-16,19,23-24,30-32,35,38,41H,8-11,14,17-18,20-22,25-29H2,1-6H3,(H,46,50)/b19-7-/t31-,32+,35-,38+,41+,43-,44-/m0/s1. The molecule has 2 bridgehead atoms. The minimum atomic E-state index is -4.07. The van der Waals surface area contributed by atoms with Crippen molar-refractivity contribution in [3.05, 3.63) is 70.3 Å². The lowest BCUT2D eigenvalue weighted by atomic mass is 9.63. The lowest BCUT2D eigenvalue weighted by Crippen LogP contribution is -2.61. The zero-order valence-corrected chi connectivity index (χ0v) is 35.8. The number of halogens is 1. The molecule has 1 spiro atoms. The van der Waals surface area contributed by atoms with Gasteiger partial charge in [0.2, 0.25) is 10.0 Å². The molecule has 1 saturated heterocycles. The van der Waals surface area contributed by atoms with Crippen LogP contribution in [0.15, 0.2) is 48.6 Å². The highest BCUT2D eigenvalue weighted by atomic mass is 35.5. The number of hydrogen-bond donors (Lipinski definition) is 1. The molecule has 308 valence electrons. The van der Waals surface area contributed by atoms with Gasteiger partial charge in [0.1, 0.15) is 11.4 Å². The molecule has 1 N–H and O–H groups in total. The Morgan fingerprint density at radius 1 is 1.07 bits per heavy atom. The number of rotatable bonds is 7. The van der Waals surface area contributed by atoms with E-state index in [0.717, 1.165) is 75.5 Å². The molecule has 2 aromatic rings. The molecule has 5 aliphatic rings. The fraction of sp³-hybridized carbons (Fsp3) is 0.659. The van der Waals surface area contributed by atoms with Gasteiger partial charge in [-0.3, -0.25) is 14.6 Å². The second-order valence-corrected chi connectivity index (χ2v) is 20.1. The summed E-state index contributed by atoms with van der Waals surface area (Å²) < 4.78 is 49.5. The van der Waals surface area contributed by atoms with Crippen molar-refractivity contribution < 1.29 is 27.4 Å². The molecule has 1 amide bonds. The Morgan fingerprint density at radius 3 is 2.61 bits per heavy atom. The third kappa shape index (κ3) is 8.28. The van der Waals surface area contributed by atoms with Crippen LogP contribution in [0.2, 0.25) is 5.02 Å². The first-order valence-corrected chi connectivity index (χ1v) is 22.8. The highest BCUT2D eigenvalue weighted by molar-refractivity contribution is 7.90. The average Bonchev–Trinajstić information content (AvgIpc) is 3.29. The number of benzene rings is 2. The molecule has 10 nitrogen and oxygen atoms in total. The van der Waals surface area contributed by atoms with E-state index in [1.165, 1.54) is 11.1 Å². The average molecular weight is 812 g/mol. The molecule has 2 aliphatic carbocycles. The molecule has 7 atom stereocenters. The summed E-state index contributed by atoms with van der Waals surface area (Å²) in [5.41, 5.74) is 2.83. The number of carbonyl (C=O) groups is 1. The number of carbonyl (C=O) groups excluding carboxylic acids is 1. The maximum Gasteiger partial charge on any atom is 0.264 e. The second-order valence-electron chi connectivity index (χ2n) is 17.7. The predicted molar refractivity (Wildman–Crippen MR) is 224 cm³/mol. The number of methoxy groups -OCH3 is 2. The van der Waals surface area contributed by atoms with Crippen molar-refractivity contribution in [1.29, 1.82) is 0 Å². The molecule has 3 heterocycles. The van der Waals surface area contributed by atoms with Crippen molar-refractivity contribution in [3.63, 3.8) is 0 Å². The Labute approximate surface area is 340 Å². The van der Waals surface area contributed by atoms with Gasteiger partial charge in [0, 0.05) is 88.2 Å². The van der Waals surface area contributed by atoms with Crippen LogP contribution >= 0.6 is 11.6 Å². The van der Waals surface area contributed by atoms with Crippen LogP contribution in [0.1, 0.15) is 87.7 Å². The van der Waals surface area contributed by atoms with Crippen LogP contribution in [0.4, 0.5) is 5.69 Å². The van der Waals surface area contributed by atoms with Gasteiger partial charge in [-0.1, -0.05) is 36.7 Å². The monoisotopic (exact) mass is 810 g/mol. The highest BCUT2D eigenvalue weighted by Gasteiger charge is 2.50. The van der Waals surface area contributed by atoms with Gasteiger partial charge in [-0.15, -0.1) is 0 Å². The van der Waals surface area contributed by atoms with E-state index in [9.17, 15) is 13.2 Å². The Bertz CT molecular complexity index is 1870. The quantitative estimate of drug-likeness (QED) is 0.307. The van der Waals surface area contributed by atoms with Crippen molar-refractivity contribution in [2.75, 3.05) is 71.6 Å². The molecule has 0 unspecified atom stereocenters. The zero-order valence-electron chi connectivity index (χ0n) is 34.3. The fourth-order valence-electron chi connectivity index (χ4n) is 10.7. The summed E-state index contributed by atoms with van der Waals surface area (Å²) in [6.45, 7) is 14.8. The van der Waals surface area contributed by atoms with Crippen molar-refractivity contribution in [2.24, 2.45) is 17.8 Å². The summed E-state index contributed by atoms with van der Waals surface area (Å²) in [6, 6.07) is 12.6. The summed E-state index contributed by atoms with van der Waals surface area (Å²) in [7, 11) is -0.637. The van der Waals surface area contributed by atoms with Crippen molar-refractivity contribution in [3.8, 4) is 5.75 Å². The maximum atomic E-state index is 14.1. The van der Waals surface area contributed by atoms with Crippen LogP contribution in [0.3, 0.4) is 0 Å².